The first-order chi connectivity index (χ1) is 14.3. The molecule has 1 aliphatic rings. The van der Waals surface area contributed by atoms with Gasteiger partial charge in [0, 0.05) is 11.1 Å². The summed E-state index contributed by atoms with van der Waals surface area (Å²) in [5.41, 5.74) is 3.54. The summed E-state index contributed by atoms with van der Waals surface area (Å²) in [5.74, 6) is 9.32. The lowest BCUT2D eigenvalue weighted by Gasteiger charge is -2.28. The van der Waals surface area contributed by atoms with E-state index >= 15 is 0 Å². The maximum atomic E-state index is 5.19. The van der Waals surface area contributed by atoms with Crippen LogP contribution in [-0.2, 0) is 6.42 Å². The maximum Gasteiger partial charge on any atom is 0.118 e. The summed E-state index contributed by atoms with van der Waals surface area (Å²) in [6.07, 6.45) is 14.1. The summed E-state index contributed by atoms with van der Waals surface area (Å²) in [5, 5.41) is 0. The van der Waals surface area contributed by atoms with E-state index in [1.54, 1.807) is 7.11 Å². The zero-order chi connectivity index (χ0) is 20.3. The molecule has 0 aliphatic heterocycles. The third-order valence-corrected chi connectivity index (χ3v) is 6.42. The van der Waals surface area contributed by atoms with Crippen LogP contribution in [0.2, 0.25) is 0 Å². The summed E-state index contributed by atoms with van der Waals surface area (Å²) in [4.78, 5) is 0. The molecule has 0 heterocycles. The van der Waals surface area contributed by atoms with Crippen molar-refractivity contribution in [3.05, 3.63) is 65.2 Å². The van der Waals surface area contributed by atoms with E-state index in [0.717, 1.165) is 28.7 Å². The Kier molecular flexibility index (Phi) is 8.69. The van der Waals surface area contributed by atoms with Crippen LogP contribution in [0.1, 0.15) is 81.4 Å². The second-order valence-corrected chi connectivity index (χ2v) is 8.60. The van der Waals surface area contributed by atoms with Gasteiger partial charge in [0.15, 0.2) is 0 Å². The van der Waals surface area contributed by atoms with E-state index in [4.69, 9.17) is 4.74 Å². The minimum atomic E-state index is 0.866. The Morgan fingerprint density at radius 3 is 1.86 bits per heavy atom. The van der Waals surface area contributed by atoms with Crippen LogP contribution < -0.4 is 4.74 Å². The van der Waals surface area contributed by atoms with Gasteiger partial charge in [0.1, 0.15) is 5.75 Å². The van der Waals surface area contributed by atoms with Crippen molar-refractivity contribution in [3.8, 4) is 17.6 Å². The van der Waals surface area contributed by atoms with E-state index in [1.807, 2.05) is 24.3 Å². The van der Waals surface area contributed by atoms with E-state index in [-0.39, 0.29) is 0 Å². The van der Waals surface area contributed by atoms with Gasteiger partial charge in [-0.15, -0.1) is 0 Å². The number of hydrogen-bond donors (Lipinski definition) is 0. The highest BCUT2D eigenvalue weighted by atomic mass is 16.5. The van der Waals surface area contributed by atoms with Crippen molar-refractivity contribution in [1.82, 2.24) is 0 Å². The quantitative estimate of drug-likeness (QED) is 0.338. The number of methoxy groups -OCH3 is 1. The third-order valence-electron chi connectivity index (χ3n) is 6.42. The van der Waals surface area contributed by atoms with Crippen LogP contribution in [0.15, 0.2) is 48.5 Å². The van der Waals surface area contributed by atoms with Crippen molar-refractivity contribution in [1.29, 1.82) is 0 Å². The fourth-order valence-electron chi connectivity index (χ4n) is 4.44. The lowest BCUT2D eigenvalue weighted by Crippen LogP contribution is -2.15. The van der Waals surface area contributed by atoms with Crippen LogP contribution in [0.3, 0.4) is 0 Å². The molecule has 0 aromatic heterocycles. The molecule has 1 saturated carbocycles. The van der Waals surface area contributed by atoms with Gasteiger partial charge < -0.3 is 4.74 Å². The highest BCUT2D eigenvalue weighted by Gasteiger charge is 2.20. The average Bonchev–Trinajstić information content (AvgIpc) is 2.78. The van der Waals surface area contributed by atoms with Crippen LogP contribution in [-0.4, -0.2) is 7.11 Å². The third kappa shape index (κ3) is 7.28. The molecule has 1 aliphatic carbocycles. The predicted octanol–water partition coefficient (Wildman–Crippen LogP) is 7.41. The number of benzene rings is 2. The molecule has 0 saturated heterocycles. The average molecular weight is 389 g/mol. The first kappa shape index (κ1) is 21.5. The summed E-state index contributed by atoms with van der Waals surface area (Å²) >= 11 is 0. The molecule has 29 heavy (non-hydrogen) atoms. The zero-order valence-corrected chi connectivity index (χ0v) is 18.3. The summed E-state index contributed by atoms with van der Waals surface area (Å²) in [6.45, 7) is 2.30. The second kappa shape index (κ2) is 11.7. The van der Waals surface area contributed by atoms with E-state index in [9.17, 15) is 0 Å². The minimum absolute atomic E-state index is 0.866. The van der Waals surface area contributed by atoms with Crippen LogP contribution >= 0.6 is 0 Å². The molecular weight excluding hydrogens is 352 g/mol. The minimum Gasteiger partial charge on any atom is -0.497 e. The lowest BCUT2D eigenvalue weighted by atomic mass is 9.78. The molecule has 1 heteroatoms. The van der Waals surface area contributed by atoms with E-state index in [0.29, 0.717) is 0 Å². The molecule has 0 atom stereocenters. The van der Waals surface area contributed by atoms with Crippen LogP contribution in [0.25, 0.3) is 0 Å². The molecule has 0 amide bonds. The Morgan fingerprint density at radius 1 is 0.759 bits per heavy atom. The molecular formula is C28H36O. The normalized spacial score (nSPS) is 18.7. The molecule has 2 aromatic carbocycles. The van der Waals surface area contributed by atoms with Crippen molar-refractivity contribution in [2.24, 2.45) is 11.8 Å². The number of rotatable bonds is 8. The van der Waals surface area contributed by atoms with Gasteiger partial charge in [0.05, 0.1) is 7.11 Å². The molecule has 0 spiro atoms. The van der Waals surface area contributed by atoms with E-state index in [2.05, 4.69) is 43.0 Å². The SMILES string of the molecule is CCCCC[C@H]1CC[C@H](CCc2ccc(C#Cc3ccc(OC)cc3)cc2)CC1. The highest BCUT2D eigenvalue weighted by Crippen LogP contribution is 2.34. The first-order valence-electron chi connectivity index (χ1n) is 11.5. The molecule has 1 fully saturated rings. The molecule has 3 rings (SSSR count). The van der Waals surface area contributed by atoms with Crippen molar-refractivity contribution in [2.45, 2.75) is 71.1 Å². The maximum absolute atomic E-state index is 5.19. The van der Waals surface area contributed by atoms with Crippen LogP contribution in [0.4, 0.5) is 0 Å². The summed E-state index contributed by atoms with van der Waals surface area (Å²) in [7, 11) is 1.68. The predicted molar refractivity (Wildman–Crippen MR) is 123 cm³/mol. The standard InChI is InChI=1S/C28H36O/c1-3-4-5-6-23-7-9-24(10-8-23)11-12-25-13-15-26(16-14-25)17-18-27-19-21-28(29-2)22-20-27/h13-16,19-24H,3-12H2,1-2H3/t23-,24-. The second-order valence-electron chi connectivity index (χ2n) is 8.60. The smallest absolute Gasteiger partial charge is 0.118 e. The summed E-state index contributed by atoms with van der Waals surface area (Å²) in [6, 6.07) is 16.7. The van der Waals surface area contributed by atoms with Gasteiger partial charge in [-0.05, 0) is 66.6 Å². The molecule has 0 bridgehead atoms. The van der Waals surface area contributed by atoms with Gasteiger partial charge in [-0.1, -0.05) is 82.3 Å². The Morgan fingerprint density at radius 2 is 1.31 bits per heavy atom. The topological polar surface area (TPSA) is 9.23 Å². The van der Waals surface area contributed by atoms with E-state index in [1.165, 1.54) is 69.8 Å². The number of aryl methyl sites for hydroxylation is 1. The van der Waals surface area contributed by atoms with Gasteiger partial charge in [-0.2, -0.15) is 0 Å². The van der Waals surface area contributed by atoms with Gasteiger partial charge in [-0.25, -0.2) is 0 Å². The van der Waals surface area contributed by atoms with Gasteiger partial charge in [-0.3, -0.25) is 0 Å². The Hall–Kier alpha value is -2.20. The van der Waals surface area contributed by atoms with Gasteiger partial charge in [0.2, 0.25) is 0 Å². The Balaban J connectivity index is 1.41. The van der Waals surface area contributed by atoms with Crippen molar-refractivity contribution in [3.63, 3.8) is 0 Å². The van der Waals surface area contributed by atoms with Crippen LogP contribution in [0, 0.1) is 23.7 Å². The van der Waals surface area contributed by atoms with Gasteiger partial charge in [0.25, 0.3) is 0 Å². The molecule has 154 valence electrons. The number of unbranched alkanes of at least 4 members (excludes halogenated alkanes) is 2. The monoisotopic (exact) mass is 388 g/mol. The van der Waals surface area contributed by atoms with E-state index < -0.39 is 0 Å². The number of hydrogen-bond acceptors (Lipinski definition) is 1. The fourth-order valence-corrected chi connectivity index (χ4v) is 4.44. The first-order valence-corrected chi connectivity index (χ1v) is 11.5. The molecule has 0 radical (unpaired) electrons. The molecule has 0 unspecified atom stereocenters. The Bertz CT molecular complexity index is 768. The van der Waals surface area contributed by atoms with Crippen molar-refractivity contribution in [2.75, 3.05) is 7.11 Å². The molecule has 2 aromatic rings. The highest BCUT2D eigenvalue weighted by molar-refractivity contribution is 5.44. The molecule has 0 N–H and O–H groups in total. The van der Waals surface area contributed by atoms with Crippen molar-refractivity contribution < 1.29 is 4.74 Å². The lowest BCUT2D eigenvalue weighted by molar-refractivity contribution is 0.249. The molecule has 1 nitrogen and oxygen atoms in total. The zero-order valence-electron chi connectivity index (χ0n) is 18.3. The van der Waals surface area contributed by atoms with Crippen molar-refractivity contribution >= 4 is 0 Å². The Labute approximate surface area is 177 Å². The fraction of sp³-hybridized carbons (Fsp3) is 0.500. The van der Waals surface area contributed by atoms with Gasteiger partial charge >= 0.3 is 0 Å². The number of ether oxygens (including phenoxy) is 1. The summed E-state index contributed by atoms with van der Waals surface area (Å²) < 4.78 is 5.19. The largest absolute Gasteiger partial charge is 0.497 e. The van der Waals surface area contributed by atoms with Crippen LogP contribution in [0.5, 0.6) is 5.75 Å².